The van der Waals surface area contributed by atoms with E-state index in [1.807, 2.05) is 0 Å². The molecule has 0 saturated carbocycles. The summed E-state index contributed by atoms with van der Waals surface area (Å²) in [4.78, 5) is 35.0. The Kier molecular flexibility index (Phi) is 6.01. The number of Topliss-reactive ketones (excluding diaryl/α,β-unsaturated/α-hetero) is 1. The van der Waals surface area contributed by atoms with E-state index in [9.17, 15) is 19.7 Å². The first-order valence-electron chi connectivity index (χ1n) is 7.17. The standard InChI is InChI=1S/C14H23NO7/c1-10(16)14(3,12(17)20-4)13(2,15(18)19)9-22-11-7-5-6-8-21-11/h11H,5-9H2,1-4H3. The van der Waals surface area contributed by atoms with Crippen molar-refractivity contribution in [3.8, 4) is 0 Å². The summed E-state index contributed by atoms with van der Waals surface area (Å²) in [5.74, 6) is -1.60. The lowest BCUT2D eigenvalue weighted by atomic mass is 9.69. The molecule has 1 rings (SSSR count). The second-order valence-electron chi connectivity index (χ2n) is 5.81. The molecule has 1 aliphatic rings. The smallest absolute Gasteiger partial charge is 0.326 e. The number of ether oxygens (including phenoxy) is 3. The highest BCUT2D eigenvalue weighted by molar-refractivity contribution is 6.03. The van der Waals surface area contributed by atoms with Crippen molar-refractivity contribution in [2.24, 2.45) is 5.41 Å². The number of carbonyl (C=O) groups excluding carboxylic acids is 2. The number of methoxy groups -OCH3 is 1. The van der Waals surface area contributed by atoms with E-state index < -0.39 is 40.5 Å². The van der Waals surface area contributed by atoms with Gasteiger partial charge in [0.05, 0.1) is 7.11 Å². The molecular weight excluding hydrogens is 294 g/mol. The molecule has 1 heterocycles. The van der Waals surface area contributed by atoms with Crippen LogP contribution in [0.3, 0.4) is 0 Å². The Morgan fingerprint density at radius 3 is 2.41 bits per heavy atom. The lowest BCUT2D eigenvalue weighted by molar-refractivity contribution is -0.585. The summed E-state index contributed by atoms with van der Waals surface area (Å²) in [5.41, 5.74) is -3.90. The Labute approximate surface area is 129 Å². The van der Waals surface area contributed by atoms with Gasteiger partial charge in [-0.2, -0.15) is 0 Å². The van der Waals surface area contributed by atoms with Crippen molar-refractivity contribution >= 4 is 11.8 Å². The first-order chi connectivity index (χ1) is 10.2. The fourth-order valence-electron chi connectivity index (χ4n) is 2.42. The zero-order valence-electron chi connectivity index (χ0n) is 13.4. The Balaban J connectivity index is 3.03. The predicted octanol–water partition coefficient (Wildman–Crippen LogP) is 1.33. The van der Waals surface area contributed by atoms with E-state index in [4.69, 9.17) is 9.47 Å². The molecule has 0 bridgehead atoms. The van der Waals surface area contributed by atoms with Crippen LogP contribution >= 0.6 is 0 Å². The van der Waals surface area contributed by atoms with E-state index in [1.165, 1.54) is 13.8 Å². The minimum Gasteiger partial charge on any atom is -0.468 e. The lowest BCUT2D eigenvalue weighted by Gasteiger charge is -2.36. The fraction of sp³-hybridized carbons (Fsp3) is 0.857. The molecule has 0 aromatic carbocycles. The van der Waals surface area contributed by atoms with Crippen molar-refractivity contribution < 1.29 is 28.7 Å². The summed E-state index contributed by atoms with van der Waals surface area (Å²) in [6.07, 6.45) is 1.89. The largest absolute Gasteiger partial charge is 0.468 e. The maximum Gasteiger partial charge on any atom is 0.326 e. The van der Waals surface area contributed by atoms with Gasteiger partial charge in [-0.3, -0.25) is 19.7 Å². The van der Waals surface area contributed by atoms with Gasteiger partial charge in [0.15, 0.2) is 17.5 Å². The fourth-order valence-corrected chi connectivity index (χ4v) is 2.42. The van der Waals surface area contributed by atoms with Crippen molar-refractivity contribution in [3.05, 3.63) is 10.1 Å². The monoisotopic (exact) mass is 317 g/mol. The van der Waals surface area contributed by atoms with Crippen molar-refractivity contribution in [2.75, 3.05) is 20.3 Å². The van der Waals surface area contributed by atoms with Gasteiger partial charge in [-0.15, -0.1) is 0 Å². The third-order valence-electron chi connectivity index (χ3n) is 4.47. The van der Waals surface area contributed by atoms with Crippen LogP contribution in [-0.2, 0) is 23.8 Å². The molecule has 0 spiro atoms. The topological polar surface area (TPSA) is 105 Å². The van der Waals surface area contributed by atoms with E-state index in [1.54, 1.807) is 0 Å². The van der Waals surface area contributed by atoms with Crippen LogP contribution in [0.2, 0.25) is 0 Å². The number of nitro groups is 1. The predicted molar refractivity (Wildman–Crippen MR) is 75.7 cm³/mol. The highest BCUT2D eigenvalue weighted by Crippen LogP contribution is 2.37. The van der Waals surface area contributed by atoms with Crippen LogP contribution in [0.4, 0.5) is 0 Å². The second kappa shape index (κ2) is 7.15. The molecule has 0 aromatic heterocycles. The van der Waals surface area contributed by atoms with E-state index >= 15 is 0 Å². The summed E-state index contributed by atoms with van der Waals surface area (Å²) in [6, 6.07) is 0. The SMILES string of the molecule is COC(=O)C(C)(C(C)=O)C(C)(COC1CCCCO1)[N+](=O)[O-]. The minimum atomic E-state index is -1.95. The average molecular weight is 317 g/mol. The number of esters is 1. The third-order valence-corrected chi connectivity index (χ3v) is 4.47. The summed E-state index contributed by atoms with van der Waals surface area (Å²) >= 11 is 0. The quantitative estimate of drug-likeness (QED) is 0.302. The summed E-state index contributed by atoms with van der Waals surface area (Å²) < 4.78 is 15.5. The van der Waals surface area contributed by atoms with Crippen LogP contribution in [-0.4, -0.2) is 48.8 Å². The van der Waals surface area contributed by atoms with Gasteiger partial charge in [-0.05, 0) is 33.1 Å². The number of carbonyl (C=O) groups is 2. The minimum absolute atomic E-state index is 0.421. The first-order valence-corrected chi connectivity index (χ1v) is 7.17. The highest BCUT2D eigenvalue weighted by atomic mass is 16.7. The number of rotatable bonds is 7. The maximum absolute atomic E-state index is 12.0. The van der Waals surface area contributed by atoms with Crippen molar-refractivity contribution in [2.45, 2.75) is 51.9 Å². The second-order valence-corrected chi connectivity index (χ2v) is 5.81. The molecule has 126 valence electrons. The first kappa shape index (κ1) is 18.5. The van der Waals surface area contributed by atoms with Gasteiger partial charge in [0.2, 0.25) is 0 Å². The number of nitrogens with zero attached hydrogens (tertiary/aromatic N) is 1. The van der Waals surface area contributed by atoms with Crippen LogP contribution in [0.1, 0.15) is 40.0 Å². The average Bonchev–Trinajstić information content (AvgIpc) is 2.51. The molecular formula is C14H23NO7. The van der Waals surface area contributed by atoms with Crippen LogP contribution in [0, 0.1) is 15.5 Å². The van der Waals surface area contributed by atoms with Crippen LogP contribution in [0.25, 0.3) is 0 Å². The van der Waals surface area contributed by atoms with Crippen molar-refractivity contribution in [1.29, 1.82) is 0 Å². The van der Waals surface area contributed by atoms with E-state index in [0.29, 0.717) is 13.0 Å². The third kappa shape index (κ3) is 3.27. The van der Waals surface area contributed by atoms with Gasteiger partial charge in [0, 0.05) is 18.5 Å². The number of ketones is 1. The molecule has 0 amide bonds. The molecule has 0 radical (unpaired) electrons. The molecule has 0 N–H and O–H groups in total. The molecule has 0 aliphatic carbocycles. The molecule has 8 heteroatoms. The molecule has 1 fully saturated rings. The van der Waals surface area contributed by atoms with Crippen molar-refractivity contribution in [1.82, 2.24) is 0 Å². The zero-order valence-corrected chi connectivity index (χ0v) is 13.4. The van der Waals surface area contributed by atoms with Gasteiger partial charge >= 0.3 is 5.97 Å². The Morgan fingerprint density at radius 2 is 2.00 bits per heavy atom. The van der Waals surface area contributed by atoms with E-state index in [-0.39, 0.29) is 0 Å². The summed E-state index contributed by atoms with van der Waals surface area (Å²) in [5, 5.41) is 11.6. The molecule has 0 aromatic rings. The van der Waals surface area contributed by atoms with Crippen LogP contribution in [0.15, 0.2) is 0 Å². The van der Waals surface area contributed by atoms with Gasteiger partial charge in [-0.1, -0.05) is 0 Å². The number of hydrogen-bond acceptors (Lipinski definition) is 7. The summed E-state index contributed by atoms with van der Waals surface area (Å²) in [6.45, 7) is 3.68. The zero-order chi connectivity index (χ0) is 17.0. The van der Waals surface area contributed by atoms with Gasteiger partial charge < -0.3 is 14.2 Å². The highest BCUT2D eigenvalue weighted by Gasteiger charge is 2.64. The Hall–Kier alpha value is -1.54. The summed E-state index contributed by atoms with van der Waals surface area (Å²) in [7, 11) is 1.09. The van der Waals surface area contributed by atoms with Gasteiger partial charge in [-0.25, -0.2) is 0 Å². The van der Waals surface area contributed by atoms with Gasteiger partial charge in [0.1, 0.15) is 6.61 Å². The van der Waals surface area contributed by atoms with E-state index in [0.717, 1.165) is 26.9 Å². The molecule has 8 nitrogen and oxygen atoms in total. The number of hydrogen-bond donors (Lipinski definition) is 0. The van der Waals surface area contributed by atoms with Crippen molar-refractivity contribution in [3.63, 3.8) is 0 Å². The van der Waals surface area contributed by atoms with Gasteiger partial charge in [0.25, 0.3) is 5.54 Å². The normalized spacial score (nSPS) is 23.9. The molecule has 3 atom stereocenters. The van der Waals surface area contributed by atoms with Crippen LogP contribution < -0.4 is 0 Å². The molecule has 1 saturated heterocycles. The lowest BCUT2D eigenvalue weighted by Crippen LogP contribution is -2.61. The maximum atomic E-state index is 12.0. The Morgan fingerprint density at radius 1 is 1.36 bits per heavy atom. The molecule has 3 unspecified atom stereocenters. The molecule has 22 heavy (non-hydrogen) atoms. The molecule has 1 aliphatic heterocycles. The van der Waals surface area contributed by atoms with E-state index in [2.05, 4.69) is 4.74 Å². The Bertz CT molecular complexity index is 446. The van der Waals surface area contributed by atoms with Crippen LogP contribution in [0.5, 0.6) is 0 Å².